The van der Waals surface area contributed by atoms with Crippen molar-refractivity contribution in [2.45, 2.75) is 32.9 Å². The van der Waals surface area contributed by atoms with E-state index in [2.05, 4.69) is 0 Å². The highest BCUT2D eigenvalue weighted by molar-refractivity contribution is 5.50. The first-order valence-electron chi connectivity index (χ1n) is 5.82. The molecule has 96 valence electrons. The Balaban J connectivity index is 3.04. The van der Waals surface area contributed by atoms with Crippen LogP contribution in [0, 0.1) is 5.82 Å². The maximum atomic E-state index is 13.9. The number of halogens is 1. The van der Waals surface area contributed by atoms with E-state index in [1.54, 1.807) is 24.0 Å². The Labute approximate surface area is 101 Å². The molecular weight excluding hydrogens is 221 g/mol. The Morgan fingerprint density at radius 3 is 2.35 bits per heavy atom. The van der Waals surface area contributed by atoms with Crippen LogP contribution in [0.2, 0.25) is 0 Å². The van der Waals surface area contributed by atoms with Gasteiger partial charge in [-0.25, -0.2) is 4.39 Å². The highest BCUT2D eigenvalue weighted by Gasteiger charge is 2.15. The normalized spacial score (nSPS) is 12.9. The van der Waals surface area contributed by atoms with Gasteiger partial charge < -0.3 is 15.1 Å². The van der Waals surface area contributed by atoms with Crippen LogP contribution in [0.4, 0.5) is 10.1 Å². The summed E-state index contributed by atoms with van der Waals surface area (Å²) in [4.78, 5) is 1.79. The Hall–Kier alpha value is -1.13. The summed E-state index contributed by atoms with van der Waals surface area (Å²) in [6, 6.07) is 4.80. The highest BCUT2D eigenvalue weighted by atomic mass is 19.1. The van der Waals surface area contributed by atoms with Gasteiger partial charge in [-0.2, -0.15) is 0 Å². The Kier molecular flexibility index (Phi) is 4.90. The van der Waals surface area contributed by atoms with Gasteiger partial charge in [-0.1, -0.05) is 6.07 Å². The van der Waals surface area contributed by atoms with Crippen molar-refractivity contribution in [3.63, 3.8) is 0 Å². The molecule has 1 aromatic carbocycles. The maximum absolute atomic E-state index is 13.9. The summed E-state index contributed by atoms with van der Waals surface area (Å²) in [7, 11) is 0. The first-order chi connectivity index (χ1) is 7.97. The van der Waals surface area contributed by atoms with Crippen molar-refractivity contribution in [3.8, 4) is 0 Å². The molecule has 0 saturated carbocycles. The Bertz CT molecular complexity index is 366. The third-order valence-corrected chi connectivity index (χ3v) is 2.73. The fourth-order valence-electron chi connectivity index (χ4n) is 1.78. The summed E-state index contributed by atoms with van der Waals surface area (Å²) in [5.41, 5.74) is 1.01. The van der Waals surface area contributed by atoms with Crippen LogP contribution in [0.15, 0.2) is 18.2 Å². The molecule has 17 heavy (non-hydrogen) atoms. The monoisotopic (exact) mass is 241 g/mol. The minimum atomic E-state index is -0.677. The number of benzene rings is 1. The summed E-state index contributed by atoms with van der Waals surface area (Å²) >= 11 is 0. The first-order valence-corrected chi connectivity index (χ1v) is 5.82. The molecule has 0 bridgehead atoms. The highest BCUT2D eigenvalue weighted by Crippen LogP contribution is 2.24. The molecule has 1 aromatic rings. The zero-order valence-electron chi connectivity index (χ0n) is 10.5. The van der Waals surface area contributed by atoms with Crippen LogP contribution in [-0.4, -0.2) is 29.4 Å². The average molecular weight is 241 g/mol. The van der Waals surface area contributed by atoms with Crippen molar-refractivity contribution >= 4 is 5.69 Å². The molecule has 0 unspecified atom stereocenters. The standard InChI is InChI=1S/C13H20FNO2/c1-9(2)15(6-7-16)13-5-4-11(10(3)17)8-12(13)14/h4-5,8-10,16-17H,6-7H2,1-3H3/t10-/m1/s1. The van der Waals surface area contributed by atoms with Crippen molar-refractivity contribution in [2.75, 3.05) is 18.1 Å². The molecule has 0 saturated heterocycles. The summed E-state index contributed by atoms with van der Waals surface area (Å²) in [6.45, 7) is 5.86. The molecule has 1 atom stereocenters. The smallest absolute Gasteiger partial charge is 0.146 e. The van der Waals surface area contributed by atoms with Crippen LogP contribution in [0.25, 0.3) is 0 Å². The lowest BCUT2D eigenvalue weighted by molar-refractivity contribution is 0.199. The number of rotatable bonds is 5. The van der Waals surface area contributed by atoms with E-state index in [0.29, 0.717) is 17.8 Å². The lowest BCUT2D eigenvalue weighted by Crippen LogP contribution is -2.34. The zero-order chi connectivity index (χ0) is 13.0. The van der Waals surface area contributed by atoms with Crippen LogP contribution in [0.5, 0.6) is 0 Å². The average Bonchev–Trinajstić information content (AvgIpc) is 2.26. The van der Waals surface area contributed by atoms with Gasteiger partial charge in [0.05, 0.1) is 18.4 Å². The predicted octanol–water partition coefficient (Wildman–Crippen LogP) is 2.09. The van der Waals surface area contributed by atoms with Crippen LogP contribution in [0.3, 0.4) is 0 Å². The van der Waals surface area contributed by atoms with E-state index in [-0.39, 0.29) is 18.5 Å². The number of hydrogen-bond acceptors (Lipinski definition) is 3. The van der Waals surface area contributed by atoms with Crippen LogP contribution in [-0.2, 0) is 0 Å². The number of hydrogen-bond donors (Lipinski definition) is 2. The SMILES string of the molecule is CC(C)N(CCO)c1ccc([C@@H](C)O)cc1F. The van der Waals surface area contributed by atoms with E-state index in [9.17, 15) is 9.50 Å². The molecular formula is C13H20FNO2. The van der Waals surface area contributed by atoms with Crippen molar-refractivity contribution in [1.82, 2.24) is 0 Å². The topological polar surface area (TPSA) is 43.7 Å². The van der Waals surface area contributed by atoms with Gasteiger partial charge in [-0.15, -0.1) is 0 Å². The quantitative estimate of drug-likeness (QED) is 0.829. The molecule has 0 heterocycles. The van der Waals surface area contributed by atoms with Crippen molar-refractivity contribution in [3.05, 3.63) is 29.6 Å². The fourth-order valence-corrected chi connectivity index (χ4v) is 1.78. The number of anilines is 1. The van der Waals surface area contributed by atoms with Crippen LogP contribution >= 0.6 is 0 Å². The molecule has 0 aromatic heterocycles. The molecule has 0 aliphatic carbocycles. The van der Waals surface area contributed by atoms with E-state index < -0.39 is 6.10 Å². The van der Waals surface area contributed by atoms with E-state index in [4.69, 9.17) is 5.11 Å². The van der Waals surface area contributed by atoms with Gasteiger partial charge in [0.15, 0.2) is 0 Å². The van der Waals surface area contributed by atoms with Gasteiger partial charge in [0, 0.05) is 12.6 Å². The van der Waals surface area contributed by atoms with Crippen LogP contribution in [0.1, 0.15) is 32.4 Å². The van der Waals surface area contributed by atoms with Crippen molar-refractivity contribution in [2.24, 2.45) is 0 Å². The molecule has 0 aliphatic heterocycles. The molecule has 4 heteroatoms. The lowest BCUT2D eigenvalue weighted by Gasteiger charge is -2.28. The zero-order valence-corrected chi connectivity index (χ0v) is 10.5. The molecule has 0 radical (unpaired) electrons. The molecule has 3 nitrogen and oxygen atoms in total. The Morgan fingerprint density at radius 2 is 1.94 bits per heavy atom. The minimum Gasteiger partial charge on any atom is -0.395 e. The second kappa shape index (κ2) is 5.98. The van der Waals surface area contributed by atoms with E-state index >= 15 is 0 Å². The third kappa shape index (κ3) is 3.41. The van der Waals surface area contributed by atoms with Gasteiger partial charge in [-0.05, 0) is 38.5 Å². The largest absolute Gasteiger partial charge is 0.395 e. The van der Waals surface area contributed by atoms with E-state index in [1.807, 2.05) is 13.8 Å². The molecule has 0 fully saturated rings. The van der Waals surface area contributed by atoms with Gasteiger partial charge in [-0.3, -0.25) is 0 Å². The third-order valence-electron chi connectivity index (χ3n) is 2.73. The molecule has 1 rings (SSSR count). The predicted molar refractivity (Wildman–Crippen MR) is 66.6 cm³/mol. The maximum Gasteiger partial charge on any atom is 0.146 e. The summed E-state index contributed by atoms with van der Waals surface area (Å²) in [6.07, 6.45) is -0.677. The van der Waals surface area contributed by atoms with Crippen LogP contribution < -0.4 is 4.90 Å². The van der Waals surface area contributed by atoms with E-state index in [0.717, 1.165) is 0 Å². The van der Waals surface area contributed by atoms with Crippen molar-refractivity contribution in [1.29, 1.82) is 0 Å². The summed E-state index contributed by atoms with van der Waals surface area (Å²) in [5, 5.41) is 18.3. The summed E-state index contributed by atoms with van der Waals surface area (Å²) < 4.78 is 13.9. The van der Waals surface area contributed by atoms with Gasteiger partial charge in [0.2, 0.25) is 0 Å². The van der Waals surface area contributed by atoms with E-state index in [1.165, 1.54) is 6.07 Å². The van der Waals surface area contributed by atoms with Gasteiger partial charge in [0.25, 0.3) is 0 Å². The molecule has 0 spiro atoms. The molecule has 2 N–H and O–H groups in total. The minimum absolute atomic E-state index is 0.0181. The summed E-state index contributed by atoms with van der Waals surface area (Å²) in [5.74, 6) is -0.370. The second-order valence-electron chi connectivity index (χ2n) is 4.40. The molecule has 0 amide bonds. The first kappa shape index (κ1) is 13.9. The number of aliphatic hydroxyl groups excluding tert-OH is 2. The number of nitrogens with zero attached hydrogens (tertiary/aromatic N) is 1. The second-order valence-corrected chi connectivity index (χ2v) is 4.40. The Morgan fingerprint density at radius 1 is 1.29 bits per heavy atom. The van der Waals surface area contributed by atoms with Gasteiger partial charge >= 0.3 is 0 Å². The molecule has 0 aliphatic rings. The fraction of sp³-hybridized carbons (Fsp3) is 0.538. The van der Waals surface area contributed by atoms with Gasteiger partial charge in [0.1, 0.15) is 5.82 Å². The van der Waals surface area contributed by atoms with Crippen molar-refractivity contribution < 1.29 is 14.6 Å². The number of aliphatic hydroxyl groups is 2. The lowest BCUT2D eigenvalue weighted by atomic mass is 10.1.